The number of rotatable bonds is 5. The number of anilines is 2. The molecule has 0 aliphatic rings. The van der Waals surface area contributed by atoms with E-state index in [0.717, 1.165) is 5.69 Å². The summed E-state index contributed by atoms with van der Waals surface area (Å²) in [5.41, 5.74) is 7.37. The number of nitrogens with zero attached hydrogens (tertiary/aromatic N) is 1. The highest BCUT2D eigenvalue weighted by Gasteiger charge is 2.02. The maximum Gasteiger partial charge on any atom is 0.142 e. The number of nitrogen functional groups attached to an aromatic ring is 1. The first kappa shape index (κ1) is 13.2. The second-order valence-electron chi connectivity index (χ2n) is 4.28. The molecule has 0 atom stereocenters. The van der Waals surface area contributed by atoms with Gasteiger partial charge in [-0.25, -0.2) is 4.39 Å². The molecule has 19 heavy (non-hydrogen) atoms. The first-order valence-corrected chi connectivity index (χ1v) is 6.11. The fraction of sp³-hybridized carbons (Fsp3) is 0.200. The van der Waals surface area contributed by atoms with Crippen LogP contribution in [0.1, 0.15) is 0 Å². The zero-order chi connectivity index (χ0) is 13.7. The van der Waals surface area contributed by atoms with E-state index < -0.39 is 0 Å². The van der Waals surface area contributed by atoms with Crippen LogP contribution in [0.2, 0.25) is 0 Å². The first-order chi connectivity index (χ1) is 9.16. The van der Waals surface area contributed by atoms with Gasteiger partial charge in [-0.3, -0.25) is 0 Å². The van der Waals surface area contributed by atoms with Gasteiger partial charge in [-0.2, -0.15) is 0 Å². The maximum absolute atomic E-state index is 12.8. The number of hydrogen-bond donors (Lipinski definition) is 1. The highest BCUT2D eigenvalue weighted by atomic mass is 19.1. The lowest BCUT2D eigenvalue weighted by Gasteiger charge is -2.19. The number of likely N-dealkylation sites (N-methyl/N-ethyl adjacent to an activating group) is 1. The molecule has 0 aromatic heterocycles. The Morgan fingerprint density at radius 2 is 1.79 bits per heavy atom. The van der Waals surface area contributed by atoms with Crippen LogP contribution in [-0.2, 0) is 0 Å². The second-order valence-corrected chi connectivity index (χ2v) is 4.28. The van der Waals surface area contributed by atoms with Crippen molar-refractivity contribution >= 4 is 11.4 Å². The summed E-state index contributed by atoms with van der Waals surface area (Å²) in [5, 5.41) is 0. The van der Waals surface area contributed by atoms with Gasteiger partial charge in [0, 0.05) is 12.7 Å². The van der Waals surface area contributed by atoms with Gasteiger partial charge in [0.05, 0.1) is 12.2 Å². The van der Waals surface area contributed by atoms with Crippen molar-refractivity contribution in [3.63, 3.8) is 0 Å². The minimum Gasteiger partial charge on any atom is -0.490 e. The summed E-state index contributed by atoms with van der Waals surface area (Å²) in [6.45, 7) is 1.21. The van der Waals surface area contributed by atoms with Crippen LogP contribution in [0.3, 0.4) is 0 Å². The highest BCUT2D eigenvalue weighted by Crippen LogP contribution is 2.20. The van der Waals surface area contributed by atoms with E-state index in [1.54, 1.807) is 18.2 Å². The van der Waals surface area contributed by atoms with Gasteiger partial charge in [0.2, 0.25) is 0 Å². The molecule has 100 valence electrons. The zero-order valence-electron chi connectivity index (χ0n) is 10.8. The smallest absolute Gasteiger partial charge is 0.142 e. The molecule has 3 nitrogen and oxygen atoms in total. The Hall–Kier alpha value is -2.23. The summed E-state index contributed by atoms with van der Waals surface area (Å²) in [4.78, 5) is 2.00. The van der Waals surface area contributed by atoms with Crippen molar-refractivity contribution in [2.45, 2.75) is 0 Å². The number of para-hydroxylation sites is 2. The summed E-state index contributed by atoms with van der Waals surface area (Å²) in [6, 6.07) is 13.8. The van der Waals surface area contributed by atoms with Crippen LogP contribution in [0.4, 0.5) is 15.8 Å². The predicted octanol–water partition coefficient (Wildman–Crippen LogP) is 2.92. The van der Waals surface area contributed by atoms with E-state index in [2.05, 4.69) is 0 Å². The predicted molar refractivity (Wildman–Crippen MR) is 76.0 cm³/mol. The van der Waals surface area contributed by atoms with Gasteiger partial charge in [0.25, 0.3) is 0 Å². The zero-order valence-corrected chi connectivity index (χ0v) is 10.8. The SMILES string of the molecule is CN(CCOc1ccccc1N)c1ccc(F)cc1. The molecule has 0 amide bonds. The lowest BCUT2D eigenvalue weighted by molar-refractivity contribution is 0.327. The highest BCUT2D eigenvalue weighted by molar-refractivity contribution is 5.51. The molecule has 0 saturated carbocycles. The van der Waals surface area contributed by atoms with Crippen LogP contribution >= 0.6 is 0 Å². The van der Waals surface area contributed by atoms with E-state index in [1.807, 2.05) is 30.1 Å². The fourth-order valence-electron chi connectivity index (χ4n) is 1.73. The largest absolute Gasteiger partial charge is 0.490 e. The fourth-order valence-corrected chi connectivity index (χ4v) is 1.73. The average molecular weight is 260 g/mol. The average Bonchev–Trinajstić information content (AvgIpc) is 2.41. The lowest BCUT2D eigenvalue weighted by Crippen LogP contribution is -2.23. The van der Waals surface area contributed by atoms with Gasteiger partial charge in [0.15, 0.2) is 0 Å². The third-order valence-electron chi connectivity index (χ3n) is 2.87. The van der Waals surface area contributed by atoms with Crippen molar-refractivity contribution in [2.75, 3.05) is 30.8 Å². The molecule has 2 aromatic rings. The minimum absolute atomic E-state index is 0.231. The molecule has 2 aromatic carbocycles. The Bertz CT molecular complexity index is 528. The topological polar surface area (TPSA) is 38.5 Å². The summed E-state index contributed by atoms with van der Waals surface area (Å²) >= 11 is 0. The van der Waals surface area contributed by atoms with Crippen LogP contribution in [0.5, 0.6) is 5.75 Å². The Balaban J connectivity index is 1.86. The molecule has 0 saturated heterocycles. The van der Waals surface area contributed by atoms with E-state index in [1.165, 1.54) is 12.1 Å². The molecule has 0 unspecified atom stereocenters. The van der Waals surface area contributed by atoms with Crippen molar-refractivity contribution in [2.24, 2.45) is 0 Å². The van der Waals surface area contributed by atoms with Gasteiger partial charge in [-0.1, -0.05) is 12.1 Å². The lowest BCUT2D eigenvalue weighted by atomic mass is 10.3. The van der Waals surface area contributed by atoms with Gasteiger partial charge in [0.1, 0.15) is 18.2 Å². The van der Waals surface area contributed by atoms with E-state index in [0.29, 0.717) is 24.6 Å². The van der Waals surface area contributed by atoms with Crippen LogP contribution in [0.15, 0.2) is 48.5 Å². The molecule has 4 heteroatoms. The Morgan fingerprint density at radius 3 is 2.47 bits per heavy atom. The number of ether oxygens (including phenoxy) is 1. The van der Waals surface area contributed by atoms with Gasteiger partial charge in [-0.15, -0.1) is 0 Å². The number of hydrogen-bond acceptors (Lipinski definition) is 3. The summed E-state index contributed by atoms with van der Waals surface area (Å²) in [5.74, 6) is 0.459. The maximum atomic E-state index is 12.8. The van der Waals surface area contributed by atoms with E-state index in [-0.39, 0.29) is 5.82 Å². The van der Waals surface area contributed by atoms with Gasteiger partial charge in [-0.05, 0) is 36.4 Å². The molecule has 2 rings (SSSR count). The third kappa shape index (κ3) is 3.61. The molecular formula is C15H17FN2O. The van der Waals surface area contributed by atoms with Crippen molar-refractivity contribution in [3.05, 3.63) is 54.3 Å². The summed E-state index contributed by atoms with van der Waals surface area (Å²) in [6.07, 6.45) is 0. The van der Waals surface area contributed by atoms with E-state index in [4.69, 9.17) is 10.5 Å². The summed E-state index contributed by atoms with van der Waals surface area (Å²) in [7, 11) is 1.94. The molecular weight excluding hydrogens is 243 g/mol. The first-order valence-electron chi connectivity index (χ1n) is 6.11. The Labute approximate surface area is 112 Å². The molecule has 0 spiro atoms. The van der Waals surface area contributed by atoms with Crippen molar-refractivity contribution in [3.8, 4) is 5.75 Å². The number of halogens is 1. The Morgan fingerprint density at radius 1 is 1.11 bits per heavy atom. The number of benzene rings is 2. The van der Waals surface area contributed by atoms with Crippen molar-refractivity contribution in [1.29, 1.82) is 0 Å². The molecule has 0 fully saturated rings. The monoisotopic (exact) mass is 260 g/mol. The minimum atomic E-state index is -0.231. The van der Waals surface area contributed by atoms with E-state index in [9.17, 15) is 4.39 Å². The Kier molecular flexibility index (Phi) is 4.23. The van der Waals surface area contributed by atoms with Crippen LogP contribution in [0, 0.1) is 5.82 Å². The molecule has 0 heterocycles. The van der Waals surface area contributed by atoms with E-state index >= 15 is 0 Å². The number of nitrogens with two attached hydrogens (primary N) is 1. The van der Waals surface area contributed by atoms with Crippen LogP contribution in [-0.4, -0.2) is 20.2 Å². The molecule has 0 aliphatic carbocycles. The molecule has 0 aliphatic heterocycles. The third-order valence-corrected chi connectivity index (χ3v) is 2.87. The normalized spacial score (nSPS) is 10.2. The molecule has 2 N–H and O–H groups in total. The van der Waals surface area contributed by atoms with Crippen LogP contribution in [0.25, 0.3) is 0 Å². The van der Waals surface area contributed by atoms with Gasteiger partial charge < -0.3 is 15.4 Å². The molecule has 0 radical (unpaired) electrons. The van der Waals surface area contributed by atoms with Crippen molar-refractivity contribution in [1.82, 2.24) is 0 Å². The van der Waals surface area contributed by atoms with Crippen LogP contribution < -0.4 is 15.4 Å². The molecule has 0 bridgehead atoms. The second kappa shape index (κ2) is 6.09. The standard InChI is InChI=1S/C15H17FN2O/c1-18(13-8-6-12(16)7-9-13)10-11-19-15-5-3-2-4-14(15)17/h2-9H,10-11,17H2,1H3. The quantitative estimate of drug-likeness (QED) is 0.840. The summed E-state index contributed by atoms with van der Waals surface area (Å²) < 4.78 is 18.4. The van der Waals surface area contributed by atoms with Gasteiger partial charge >= 0.3 is 0 Å². The van der Waals surface area contributed by atoms with Crippen molar-refractivity contribution < 1.29 is 9.13 Å².